The van der Waals surface area contributed by atoms with Gasteiger partial charge < -0.3 is 14.2 Å². The van der Waals surface area contributed by atoms with Gasteiger partial charge in [-0.05, 0) is 37.8 Å². The molecule has 1 aromatic rings. The number of carbonyl (C=O) groups is 1. The van der Waals surface area contributed by atoms with Crippen molar-refractivity contribution in [2.75, 3.05) is 13.7 Å². The topological polar surface area (TPSA) is 44.8 Å². The highest BCUT2D eigenvalue weighted by molar-refractivity contribution is 5.81. The molecule has 1 heterocycles. The van der Waals surface area contributed by atoms with Crippen molar-refractivity contribution < 1.29 is 19.0 Å². The Morgan fingerprint density at radius 1 is 1.33 bits per heavy atom. The van der Waals surface area contributed by atoms with Crippen LogP contribution in [0.4, 0.5) is 0 Å². The summed E-state index contributed by atoms with van der Waals surface area (Å²) in [6.45, 7) is 0.475. The van der Waals surface area contributed by atoms with Gasteiger partial charge in [0.1, 0.15) is 6.61 Å². The molecule has 114 valence electrons. The van der Waals surface area contributed by atoms with E-state index in [-0.39, 0.29) is 11.7 Å². The molecule has 0 amide bonds. The van der Waals surface area contributed by atoms with Gasteiger partial charge in [0, 0.05) is 0 Å². The number of aldehydes is 1. The first-order valence-electron chi connectivity index (χ1n) is 7.69. The summed E-state index contributed by atoms with van der Waals surface area (Å²) in [5.41, 5.74) is 0.630. The molecule has 4 heteroatoms. The van der Waals surface area contributed by atoms with Gasteiger partial charge in [0.15, 0.2) is 17.8 Å². The van der Waals surface area contributed by atoms with Crippen molar-refractivity contribution in [3.63, 3.8) is 0 Å². The highest BCUT2D eigenvalue weighted by Crippen LogP contribution is 2.43. The lowest BCUT2D eigenvalue weighted by molar-refractivity contribution is -0.0511. The van der Waals surface area contributed by atoms with E-state index in [9.17, 15) is 4.79 Å². The fraction of sp³-hybridized carbons (Fsp3) is 0.588. The van der Waals surface area contributed by atoms with E-state index in [1.165, 1.54) is 25.7 Å². The van der Waals surface area contributed by atoms with Crippen molar-refractivity contribution in [2.45, 2.75) is 50.2 Å². The van der Waals surface area contributed by atoms with E-state index < -0.39 is 0 Å². The van der Waals surface area contributed by atoms with E-state index >= 15 is 0 Å². The first kappa shape index (κ1) is 14.4. The SMILES string of the molecule is COc1cccc(C=O)c1OCC1CCC2(CCCC2)O1. The normalized spacial score (nSPS) is 23.4. The third kappa shape index (κ3) is 2.91. The van der Waals surface area contributed by atoms with Gasteiger partial charge in [0.05, 0.1) is 24.4 Å². The number of methoxy groups -OCH3 is 1. The number of para-hydroxylation sites is 1. The minimum Gasteiger partial charge on any atom is -0.493 e. The fourth-order valence-electron chi connectivity index (χ4n) is 3.52. The van der Waals surface area contributed by atoms with Gasteiger partial charge in [-0.3, -0.25) is 4.79 Å². The van der Waals surface area contributed by atoms with E-state index in [0.29, 0.717) is 23.7 Å². The second-order valence-electron chi connectivity index (χ2n) is 5.98. The lowest BCUT2D eigenvalue weighted by Crippen LogP contribution is -2.27. The summed E-state index contributed by atoms with van der Waals surface area (Å²) < 4.78 is 17.4. The molecule has 0 N–H and O–H groups in total. The molecule has 1 spiro atoms. The van der Waals surface area contributed by atoms with Gasteiger partial charge in [0.2, 0.25) is 0 Å². The summed E-state index contributed by atoms with van der Waals surface area (Å²) in [5, 5.41) is 0. The van der Waals surface area contributed by atoms with Crippen LogP contribution < -0.4 is 9.47 Å². The fourth-order valence-corrected chi connectivity index (χ4v) is 3.52. The number of rotatable bonds is 5. The van der Waals surface area contributed by atoms with Crippen LogP contribution in [-0.2, 0) is 4.74 Å². The van der Waals surface area contributed by atoms with Crippen LogP contribution in [0, 0.1) is 0 Å². The van der Waals surface area contributed by atoms with E-state index in [1.807, 2.05) is 0 Å². The molecule has 1 atom stereocenters. The molecule has 0 bridgehead atoms. The molecule has 1 aliphatic carbocycles. The Labute approximate surface area is 125 Å². The molecule has 1 aliphatic heterocycles. The molecule has 21 heavy (non-hydrogen) atoms. The molecule has 2 fully saturated rings. The van der Waals surface area contributed by atoms with Crippen LogP contribution in [0.25, 0.3) is 0 Å². The second-order valence-corrected chi connectivity index (χ2v) is 5.98. The van der Waals surface area contributed by atoms with Crippen LogP contribution >= 0.6 is 0 Å². The van der Waals surface area contributed by atoms with Crippen LogP contribution in [0.15, 0.2) is 18.2 Å². The van der Waals surface area contributed by atoms with E-state index in [2.05, 4.69) is 0 Å². The Morgan fingerprint density at radius 3 is 2.86 bits per heavy atom. The number of hydrogen-bond acceptors (Lipinski definition) is 4. The van der Waals surface area contributed by atoms with Gasteiger partial charge in [0.25, 0.3) is 0 Å². The molecule has 1 unspecified atom stereocenters. The molecule has 1 aromatic carbocycles. The third-order valence-electron chi connectivity index (χ3n) is 4.62. The first-order valence-corrected chi connectivity index (χ1v) is 7.69. The zero-order valence-electron chi connectivity index (χ0n) is 12.5. The number of carbonyl (C=O) groups excluding carboxylic acids is 1. The molecule has 4 nitrogen and oxygen atoms in total. The average Bonchev–Trinajstić information content (AvgIpc) is 3.15. The van der Waals surface area contributed by atoms with Crippen LogP contribution in [0.2, 0.25) is 0 Å². The van der Waals surface area contributed by atoms with Crippen LogP contribution in [-0.4, -0.2) is 31.7 Å². The maximum atomic E-state index is 11.1. The lowest BCUT2D eigenvalue weighted by atomic mass is 9.98. The molecule has 2 aliphatic rings. The summed E-state index contributed by atoms with van der Waals surface area (Å²) in [4.78, 5) is 11.1. The summed E-state index contributed by atoms with van der Waals surface area (Å²) >= 11 is 0. The maximum Gasteiger partial charge on any atom is 0.171 e. The summed E-state index contributed by atoms with van der Waals surface area (Å²) in [5.74, 6) is 1.11. The number of ether oxygens (including phenoxy) is 3. The van der Waals surface area contributed by atoms with Gasteiger partial charge in [-0.1, -0.05) is 18.9 Å². The zero-order chi connectivity index (χ0) is 14.7. The van der Waals surface area contributed by atoms with Crippen LogP contribution in [0.5, 0.6) is 11.5 Å². The maximum absolute atomic E-state index is 11.1. The molecule has 0 radical (unpaired) electrons. The summed E-state index contributed by atoms with van der Waals surface area (Å²) in [6.07, 6.45) is 7.98. The molecular weight excluding hydrogens is 268 g/mol. The Balaban J connectivity index is 1.64. The molecule has 3 rings (SSSR count). The highest BCUT2D eigenvalue weighted by atomic mass is 16.6. The third-order valence-corrected chi connectivity index (χ3v) is 4.62. The van der Waals surface area contributed by atoms with Crippen molar-refractivity contribution in [1.82, 2.24) is 0 Å². The number of benzene rings is 1. The largest absolute Gasteiger partial charge is 0.493 e. The van der Waals surface area contributed by atoms with Crippen molar-refractivity contribution in [2.24, 2.45) is 0 Å². The Hall–Kier alpha value is -1.55. The highest BCUT2D eigenvalue weighted by Gasteiger charge is 2.42. The van der Waals surface area contributed by atoms with Crippen LogP contribution in [0.1, 0.15) is 48.9 Å². The lowest BCUT2D eigenvalue weighted by Gasteiger charge is -2.24. The molecular formula is C17H22O4. The van der Waals surface area contributed by atoms with Gasteiger partial charge in [-0.25, -0.2) is 0 Å². The standard InChI is InChI=1S/C17H22O4/c1-19-15-6-4-5-13(11-18)16(15)20-12-14-7-10-17(21-14)8-2-3-9-17/h4-6,11,14H,2-3,7-10,12H2,1H3. The minimum atomic E-state index is 0.113. The molecule has 0 aromatic heterocycles. The van der Waals surface area contributed by atoms with Gasteiger partial charge in [-0.2, -0.15) is 0 Å². The van der Waals surface area contributed by atoms with Crippen LogP contribution in [0.3, 0.4) is 0 Å². The molecule has 1 saturated carbocycles. The first-order chi connectivity index (χ1) is 10.3. The predicted molar refractivity (Wildman–Crippen MR) is 79.2 cm³/mol. The Morgan fingerprint density at radius 2 is 2.14 bits per heavy atom. The summed E-state index contributed by atoms with van der Waals surface area (Å²) in [6, 6.07) is 5.32. The monoisotopic (exact) mass is 290 g/mol. The van der Waals surface area contributed by atoms with Crippen molar-refractivity contribution >= 4 is 6.29 Å². The van der Waals surface area contributed by atoms with E-state index in [1.54, 1.807) is 25.3 Å². The van der Waals surface area contributed by atoms with Crippen molar-refractivity contribution in [3.8, 4) is 11.5 Å². The van der Waals surface area contributed by atoms with Gasteiger partial charge >= 0.3 is 0 Å². The quantitative estimate of drug-likeness (QED) is 0.780. The number of hydrogen-bond donors (Lipinski definition) is 0. The van der Waals surface area contributed by atoms with E-state index in [4.69, 9.17) is 14.2 Å². The predicted octanol–water partition coefficient (Wildman–Crippen LogP) is 3.38. The Kier molecular flexibility index (Phi) is 4.15. The second kappa shape index (κ2) is 6.06. The van der Waals surface area contributed by atoms with Crippen molar-refractivity contribution in [3.05, 3.63) is 23.8 Å². The molecule has 1 saturated heterocycles. The summed E-state index contributed by atoms with van der Waals surface area (Å²) in [7, 11) is 1.58. The Bertz CT molecular complexity index is 506. The van der Waals surface area contributed by atoms with Crippen molar-refractivity contribution in [1.29, 1.82) is 0 Å². The van der Waals surface area contributed by atoms with E-state index in [0.717, 1.165) is 19.1 Å². The minimum absolute atomic E-state index is 0.113. The van der Waals surface area contributed by atoms with Gasteiger partial charge in [-0.15, -0.1) is 0 Å². The average molecular weight is 290 g/mol. The zero-order valence-corrected chi connectivity index (χ0v) is 12.5. The smallest absolute Gasteiger partial charge is 0.171 e.